The van der Waals surface area contributed by atoms with E-state index in [1.54, 1.807) is 6.07 Å². The first-order chi connectivity index (χ1) is 16.0. The van der Waals surface area contributed by atoms with Gasteiger partial charge in [-0.15, -0.1) is 0 Å². The molecule has 0 bridgehead atoms. The normalized spacial score (nSPS) is 15.6. The highest BCUT2D eigenvalue weighted by molar-refractivity contribution is 6.42. The van der Waals surface area contributed by atoms with Gasteiger partial charge in [0.05, 0.1) is 10.0 Å². The van der Waals surface area contributed by atoms with E-state index in [0.717, 1.165) is 43.2 Å². The number of hydrogen-bond donors (Lipinski definition) is 1. The summed E-state index contributed by atoms with van der Waals surface area (Å²) >= 11 is 12.3. The van der Waals surface area contributed by atoms with E-state index >= 15 is 0 Å². The van der Waals surface area contributed by atoms with E-state index in [0.29, 0.717) is 23.1 Å². The lowest BCUT2D eigenvalue weighted by Gasteiger charge is -2.28. The highest BCUT2D eigenvalue weighted by Crippen LogP contribution is 2.36. The predicted molar refractivity (Wildman–Crippen MR) is 131 cm³/mol. The number of carbonyl (C=O) groups excluding carboxylic acids is 2. The van der Waals surface area contributed by atoms with Crippen molar-refractivity contribution in [3.05, 3.63) is 69.8 Å². The molecule has 0 radical (unpaired) electrons. The molecule has 0 aliphatic heterocycles. The molecule has 2 amide bonds. The molecule has 5 nitrogen and oxygen atoms in total. The van der Waals surface area contributed by atoms with Gasteiger partial charge in [-0.25, -0.2) is 0 Å². The van der Waals surface area contributed by atoms with Gasteiger partial charge in [0.25, 0.3) is 0 Å². The molecule has 1 N–H and O–H groups in total. The Morgan fingerprint density at radius 3 is 2.52 bits per heavy atom. The molecule has 7 heteroatoms. The third-order valence-corrected chi connectivity index (χ3v) is 7.28. The summed E-state index contributed by atoms with van der Waals surface area (Å²) in [6.07, 6.45) is 6.62. The number of nitrogens with one attached hydrogen (secondary N) is 1. The number of rotatable bonds is 9. The predicted octanol–water partition coefficient (Wildman–Crippen LogP) is 5.45. The minimum absolute atomic E-state index is 0.0261. The molecular weight excluding hydrogens is 457 g/mol. The van der Waals surface area contributed by atoms with Crippen LogP contribution in [0.4, 0.5) is 0 Å². The number of amides is 2. The van der Waals surface area contributed by atoms with Gasteiger partial charge in [0, 0.05) is 42.1 Å². The molecule has 2 aliphatic carbocycles. The van der Waals surface area contributed by atoms with E-state index in [-0.39, 0.29) is 30.3 Å². The standard InChI is InChI=1S/C26H27Cl2N3O2/c27-22-10-5-17(13-23(22)28)15-30(12-11-19-14-29-24-4-2-1-3-21(19)24)25(32)16-31(20-8-9-20)26(33)18-6-7-18/h1-5,10,13-14,18,20,29H,6-9,11-12,15-16H2. The van der Waals surface area contributed by atoms with E-state index in [9.17, 15) is 9.59 Å². The fourth-order valence-electron chi connectivity index (χ4n) is 4.33. The molecule has 0 spiro atoms. The number of aromatic amines is 1. The zero-order chi connectivity index (χ0) is 22.9. The second-order valence-corrected chi connectivity index (χ2v) is 9.96. The van der Waals surface area contributed by atoms with Crippen LogP contribution in [-0.2, 0) is 22.6 Å². The molecule has 2 aliphatic rings. The molecule has 0 saturated heterocycles. The molecule has 2 fully saturated rings. The number of para-hydroxylation sites is 1. The van der Waals surface area contributed by atoms with Crippen LogP contribution < -0.4 is 0 Å². The summed E-state index contributed by atoms with van der Waals surface area (Å²) in [5, 5.41) is 2.14. The number of halogens is 2. The molecule has 3 aromatic rings. The van der Waals surface area contributed by atoms with Gasteiger partial charge in [-0.3, -0.25) is 9.59 Å². The number of hydrogen-bond acceptors (Lipinski definition) is 2. The molecule has 1 aromatic heterocycles. The number of nitrogens with zero attached hydrogens (tertiary/aromatic N) is 2. The van der Waals surface area contributed by atoms with Crippen LogP contribution in [0.5, 0.6) is 0 Å². The molecular formula is C26H27Cl2N3O2. The van der Waals surface area contributed by atoms with Crippen LogP contribution in [0.15, 0.2) is 48.7 Å². The van der Waals surface area contributed by atoms with E-state index in [1.807, 2.05) is 40.3 Å². The maximum absolute atomic E-state index is 13.5. The fraction of sp³-hybridized carbons (Fsp3) is 0.385. The van der Waals surface area contributed by atoms with Crippen LogP contribution in [-0.4, -0.2) is 45.7 Å². The van der Waals surface area contributed by atoms with Crippen LogP contribution >= 0.6 is 23.2 Å². The zero-order valence-corrected chi connectivity index (χ0v) is 19.9. The van der Waals surface area contributed by atoms with E-state index in [1.165, 1.54) is 10.9 Å². The van der Waals surface area contributed by atoms with Gasteiger partial charge in [0.15, 0.2) is 0 Å². The Morgan fingerprint density at radius 2 is 1.79 bits per heavy atom. The summed E-state index contributed by atoms with van der Waals surface area (Å²) in [6, 6.07) is 13.9. The number of fused-ring (bicyclic) bond motifs is 1. The van der Waals surface area contributed by atoms with Crippen molar-refractivity contribution in [2.24, 2.45) is 5.92 Å². The highest BCUT2D eigenvalue weighted by atomic mass is 35.5. The summed E-state index contributed by atoms with van der Waals surface area (Å²) in [5.74, 6) is 0.243. The molecule has 0 unspecified atom stereocenters. The van der Waals surface area contributed by atoms with Crippen molar-refractivity contribution in [2.75, 3.05) is 13.1 Å². The van der Waals surface area contributed by atoms with Crippen LogP contribution in [0.3, 0.4) is 0 Å². The fourth-order valence-corrected chi connectivity index (χ4v) is 4.65. The number of H-pyrrole nitrogens is 1. The van der Waals surface area contributed by atoms with E-state index in [4.69, 9.17) is 23.2 Å². The molecule has 172 valence electrons. The molecule has 1 heterocycles. The summed E-state index contributed by atoms with van der Waals surface area (Å²) in [5.41, 5.74) is 3.18. The maximum Gasteiger partial charge on any atom is 0.242 e. The topological polar surface area (TPSA) is 56.4 Å². The Bertz CT molecular complexity index is 1180. The van der Waals surface area contributed by atoms with Crippen molar-refractivity contribution in [3.8, 4) is 0 Å². The average Bonchev–Trinajstić information content (AvgIpc) is 3.74. The second kappa shape index (κ2) is 9.40. The van der Waals surface area contributed by atoms with Crippen LogP contribution in [0.1, 0.15) is 36.8 Å². The Morgan fingerprint density at radius 1 is 1.00 bits per heavy atom. The average molecular weight is 484 g/mol. The lowest BCUT2D eigenvalue weighted by atomic mass is 10.1. The van der Waals surface area contributed by atoms with Crippen LogP contribution in [0.25, 0.3) is 10.9 Å². The Labute approximate surface area is 203 Å². The minimum atomic E-state index is -0.0261. The van der Waals surface area contributed by atoms with Crippen LogP contribution in [0, 0.1) is 5.92 Å². The van der Waals surface area contributed by atoms with Gasteiger partial charge in [-0.2, -0.15) is 0 Å². The largest absolute Gasteiger partial charge is 0.361 e. The monoisotopic (exact) mass is 483 g/mol. The summed E-state index contributed by atoms with van der Waals surface area (Å²) in [7, 11) is 0. The van der Waals surface area contributed by atoms with Gasteiger partial charge in [0.2, 0.25) is 11.8 Å². The minimum Gasteiger partial charge on any atom is -0.361 e. The molecule has 33 heavy (non-hydrogen) atoms. The zero-order valence-electron chi connectivity index (χ0n) is 18.4. The van der Waals surface area contributed by atoms with Crippen molar-refractivity contribution in [3.63, 3.8) is 0 Å². The van der Waals surface area contributed by atoms with Crippen molar-refractivity contribution in [1.82, 2.24) is 14.8 Å². The first kappa shape index (κ1) is 22.3. The van der Waals surface area contributed by atoms with E-state index < -0.39 is 0 Å². The first-order valence-electron chi connectivity index (χ1n) is 11.6. The third-order valence-electron chi connectivity index (χ3n) is 6.54. The molecule has 0 atom stereocenters. The second-order valence-electron chi connectivity index (χ2n) is 9.14. The molecule has 5 rings (SSSR count). The highest BCUT2D eigenvalue weighted by Gasteiger charge is 2.41. The van der Waals surface area contributed by atoms with Gasteiger partial charge >= 0.3 is 0 Å². The van der Waals surface area contributed by atoms with Gasteiger partial charge in [-0.05, 0) is 61.4 Å². The van der Waals surface area contributed by atoms with Crippen molar-refractivity contribution < 1.29 is 9.59 Å². The van der Waals surface area contributed by atoms with E-state index in [2.05, 4.69) is 17.1 Å². The van der Waals surface area contributed by atoms with Crippen molar-refractivity contribution >= 4 is 45.9 Å². The number of benzene rings is 2. The smallest absolute Gasteiger partial charge is 0.242 e. The van der Waals surface area contributed by atoms with Gasteiger partial charge < -0.3 is 14.8 Å². The van der Waals surface area contributed by atoms with Crippen molar-refractivity contribution in [1.29, 1.82) is 0 Å². The summed E-state index contributed by atoms with van der Waals surface area (Å²) in [6.45, 7) is 1.13. The van der Waals surface area contributed by atoms with Crippen LogP contribution in [0.2, 0.25) is 10.0 Å². The quantitative estimate of drug-likeness (QED) is 0.439. The Kier molecular flexibility index (Phi) is 6.35. The lowest BCUT2D eigenvalue weighted by molar-refractivity contribution is -0.142. The Hall–Kier alpha value is -2.50. The molecule has 2 aromatic carbocycles. The summed E-state index contributed by atoms with van der Waals surface area (Å²) < 4.78 is 0. The number of carbonyl (C=O) groups is 2. The maximum atomic E-state index is 13.5. The molecule has 2 saturated carbocycles. The van der Waals surface area contributed by atoms with Gasteiger partial charge in [0.1, 0.15) is 6.54 Å². The SMILES string of the molecule is O=C(CN(C(=O)C1CC1)C1CC1)N(CCc1c[nH]c2ccccc12)Cc1ccc(Cl)c(Cl)c1. The number of aromatic nitrogens is 1. The van der Waals surface area contributed by atoms with Crippen molar-refractivity contribution in [2.45, 2.75) is 44.7 Å². The third kappa shape index (κ3) is 5.20. The summed E-state index contributed by atoms with van der Waals surface area (Å²) in [4.78, 5) is 33.3. The van der Waals surface area contributed by atoms with Gasteiger partial charge in [-0.1, -0.05) is 47.5 Å². The first-order valence-corrected chi connectivity index (χ1v) is 12.3. The lowest BCUT2D eigenvalue weighted by Crippen LogP contribution is -2.44. The Balaban J connectivity index is 1.34.